The van der Waals surface area contributed by atoms with Gasteiger partial charge in [0.1, 0.15) is 11.6 Å². The minimum absolute atomic E-state index is 0.00461. The highest BCUT2D eigenvalue weighted by molar-refractivity contribution is 9.10. The summed E-state index contributed by atoms with van der Waals surface area (Å²) in [6, 6.07) is 12.3. The maximum Gasteiger partial charge on any atom is 0.147 e. The first-order valence-electron chi connectivity index (χ1n) is 6.83. The van der Waals surface area contributed by atoms with Crippen LogP contribution in [0.1, 0.15) is 11.6 Å². The van der Waals surface area contributed by atoms with Crippen molar-refractivity contribution < 1.29 is 8.78 Å². The molecule has 5 heteroatoms. The van der Waals surface area contributed by atoms with E-state index in [9.17, 15) is 8.78 Å². The molecule has 2 nitrogen and oxygen atoms in total. The first kappa shape index (κ1) is 14.5. The minimum atomic E-state index is -0.447. The molecule has 110 valence electrons. The first-order valence-corrected chi connectivity index (χ1v) is 7.63. The van der Waals surface area contributed by atoms with Gasteiger partial charge in [0.2, 0.25) is 0 Å². The van der Waals surface area contributed by atoms with Crippen LogP contribution in [-0.2, 0) is 0 Å². The number of halogens is 3. The van der Waals surface area contributed by atoms with Gasteiger partial charge in [-0.05, 0) is 27.6 Å². The van der Waals surface area contributed by atoms with E-state index in [1.54, 1.807) is 0 Å². The van der Waals surface area contributed by atoms with Crippen LogP contribution in [0.3, 0.4) is 0 Å². The van der Waals surface area contributed by atoms with E-state index in [2.05, 4.69) is 21.2 Å². The lowest BCUT2D eigenvalue weighted by molar-refractivity contribution is 0.478. The first-order chi connectivity index (χ1) is 10.2. The number of benzene rings is 2. The molecule has 2 aromatic rings. The Morgan fingerprint density at radius 1 is 1.10 bits per heavy atom. The summed E-state index contributed by atoms with van der Waals surface area (Å²) in [5.74, 6) is -0.858. The monoisotopic (exact) mass is 352 g/mol. The molecule has 3 rings (SSSR count). The lowest BCUT2D eigenvalue weighted by Crippen LogP contribution is -2.46. The van der Waals surface area contributed by atoms with Gasteiger partial charge in [-0.1, -0.05) is 30.3 Å². The molecule has 1 heterocycles. The van der Waals surface area contributed by atoms with Crippen molar-refractivity contribution >= 4 is 21.6 Å². The predicted octanol–water partition coefficient (Wildman–Crippen LogP) is 3.88. The van der Waals surface area contributed by atoms with E-state index in [0.29, 0.717) is 18.8 Å². The molecule has 0 saturated carbocycles. The summed E-state index contributed by atoms with van der Waals surface area (Å²) in [6.07, 6.45) is 0. The van der Waals surface area contributed by atoms with Gasteiger partial charge >= 0.3 is 0 Å². The highest BCUT2D eigenvalue weighted by atomic mass is 79.9. The zero-order valence-corrected chi connectivity index (χ0v) is 12.9. The molecule has 0 spiro atoms. The molecule has 21 heavy (non-hydrogen) atoms. The van der Waals surface area contributed by atoms with E-state index in [0.717, 1.165) is 12.1 Å². The SMILES string of the molecule is Fc1cc(N2CCNCC2c2ccccc2)c(F)cc1Br. The number of hydrogen-bond donors (Lipinski definition) is 1. The quantitative estimate of drug-likeness (QED) is 0.825. The molecular weight excluding hydrogens is 338 g/mol. The highest BCUT2D eigenvalue weighted by Gasteiger charge is 2.26. The number of piperazine rings is 1. The van der Waals surface area contributed by atoms with E-state index in [1.165, 1.54) is 12.1 Å². The Hall–Kier alpha value is -1.46. The molecule has 1 saturated heterocycles. The Morgan fingerprint density at radius 2 is 1.86 bits per heavy atom. The topological polar surface area (TPSA) is 15.3 Å². The van der Waals surface area contributed by atoms with Gasteiger partial charge in [-0.2, -0.15) is 0 Å². The van der Waals surface area contributed by atoms with Crippen molar-refractivity contribution in [1.29, 1.82) is 0 Å². The third kappa shape index (κ3) is 2.94. The van der Waals surface area contributed by atoms with Crippen molar-refractivity contribution in [2.24, 2.45) is 0 Å². The number of hydrogen-bond acceptors (Lipinski definition) is 2. The number of rotatable bonds is 2. The van der Waals surface area contributed by atoms with Crippen LogP contribution in [0.15, 0.2) is 46.9 Å². The normalized spacial score (nSPS) is 18.8. The maximum atomic E-state index is 14.2. The zero-order valence-electron chi connectivity index (χ0n) is 11.3. The van der Waals surface area contributed by atoms with Gasteiger partial charge in [0.25, 0.3) is 0 Å². The van der Waals surface area contributed by atoms with Crippen molar-refractivity contribution in [2.45, 2.75) is 6.04 Å². The highest BCUT2D eigenvalue weighted by Crippen LogP contribution is 2.33. The largest absolute Gasteiger partial charge is 0.359 e. The summed E-state index contributed by atoms with van der Waals surface area (Å²) in [5, 5.41) is 3.31. The summed E-state index contributed by atoms with van der Waals surface area (Å²) in [4.78, 5) is 1.93. The summed E-state index contributed by atoms with van der Waals surface area (Å²) in [6.45, 7) is 2.10. The van der Waals surface area contributed by atoms with Crippen LogP contribution in [0.2, 0.25) is 0 Å². The number of nitrogens with zero attached hydrogens (tertiary/aromatic N) is 1. The molecule has 0 radical (unpaired) electrons. The average molecular weight is 353 g/mol. The molecule has 1 unspecified atom stereocenters. The lowest BCUT2D eigenvalue weighted by Gasteiger charge is -2.38. The Kier molecular flexibility index (Phi) is 4.22. The van der Waals surface area contributed by atoms with Gasteiger partial charge in [-0.3, -0.25) is 0 Å². The van der Waals surface area contributed by atoms with Crippen LogP contribution in [0.5, 0.6) is 0 Å². The van der Waals surface area contributed by atoms with E-state index >= 15 is 0 Å². The van der Waals surface area contributed by atoms with E-state index in [4.69, 9.17) is 0 Å². The maximum absolute atomic E-state index is 14.2. The summed E-state index contributed by atoms with van der Waals surface area (Å²) in [5.41, 5.74) is 1.40. The molecule has 2 aromatic carbocycles. The molecule has 1 aliphatic heterocycles. The lowest BCUT2D eigenvalue weighted by atomic mass is 10.0. The van der Waals surface area contributed by atoms with Gasteiger partial charge in [0.05, 0.1) is 16.2 Å². The van der Waals surface area contributed by atoms with Crippen molar-refractivity contribution in [3.05, 3.63) is 64.1 Å². The molecule has 1 aliphatic rings. The fourth-order valence-electron chi connectivity index (χ4n) is 2.70. The van der Waals surface area contributed by atoms with Crippen LogP contribution in [-0.4, -0.2) is 19.6 Å². The van der Waals surface area contributed by atoms with Crippen molar-refractivity contribution in [1.82, 2.24) is 5.32 Å². The minimum Gasteiger partial charge on any atom is -0.359 e. The van der Waals surface area contributed by atoms with Crippen LogP contribution >= 0.6 is 15.9 Å². The smallest absolute Gasteiger partial charge is 0.147 e. The molecule has 0 amide bonds. The molecule has 0 bridgehead atoms. The molecule has 1 atom stereocenters. The van der Waals surface area contributed by atoms with Crippen LogP contribution in [0, 0.1) is 11.6 Å². The van der Waals surface area contributed by atoms with Gasteiger partial charge in [0.15, 0.2) is 0 Å². The van der Waals surface area contributed by atoms with Gasteiger partial charge in [-0.15, -0.1) is 0 Å². The predicted molar refractivity (Wildman–Crippen MR) is 83.5 cm³/mol. The summed E-state index contributed by atoms with van der Waals surface area (Å²) in [7, 11) is 0. The zero-order chi connectivity index (χ0) is 14.8. The van der Waals surface area contributed by atoms with Crippen molar-refractivity contribution in [3.8, 4) is 0 Å². The third-order valence-corrected chi connectivity index (χ3v) is 4.33. The molecule has 1 N–H and O–H groups in total. The molecule has 0 aromatic heterocycles. The Balaban J connectivity index is 2.00. The third-order valence-electron chi connectivity index (χ3n) is 3.73. The van der Waals surface area contributed by atoms with Gasteiger partial charge < -0.3 is 10.2 Å². The molecular formula is C16H15BrF2N2. The molecule has 1 fully saturated rings. The number of nitrogens with one attached hydrogen (secondary N) is 1. The Labute approximate surface area is 130 Å². The summed E-state index contributed by atoms with van der Waals surface area (Å²) < 4.78 is 28.2. The molecule has 0 aliphatic carbocycles. The van der Waals surface area contributed by atoms with Crippen LogP contribution in [0.4, 0.5) is 14.5 Å². The van der Waals surface area contributed by atoms with E-state index < -0.39 is 11.6 Å². The fraction of sp³-hybridized carbons (Fsp3) is 0.250. The van der Waals surface area contributed by atoms with Crippen molar-refractivity contribution in [2.75, 3.05) is 24.5 Å². The second-order valence-corrected chi connectivity index (χ2v) is 5.90. The second kappa shape index (κ2) is 6.12. The fourth-order valence-corrected chi connectivity index (χ4v) is 3.01. The standard InChI is InChI=1S/C16H15BrF2N2/c17-12-8-14(19)15(9-13(12)18)21-7-6-20-10-16(21)11-4-2-1-3-5-11/h1-5,8-9,16,20H,6-7,10H2. The second-order valence-electron chi connectivity index (χ2n) is 5.04. The van der Waals surface area contributed by atoms with Crippen molar-refractivity contribution in [3.63, 3.8) is 0 Å². The Bertz CT molecular complexity index is 634. The van der Waals surface area contributed by atoms with Crippen LogP contribution in [0.25, 0.3) is 0 Å². The van der Waals surface area contributed by atoms with Crippen LogP contribution < -0.4 is 10.2 Å². The summed E-state index contributed by atoms with van der Waals surface area (Å²) >= 11 is 3.02. The van der Waals surface area contributed by atoms with E-state index in [-0.39, 0.29) is 10.5 Å². The van der Waals surface area contributed by atoms with Gasteiger partial charge in [-0.25, -0.2) is 8.78 Å². The number of anilines is 1. The Morgan fingerprint density at radius 3 is 2.62 bits per heavy atom. The van der Waals surface area contributed by atoms with Gasteiger partial charge in [0, 0.05) is 25.7 Å². The average Bonchev–Trinajstić information content (AvgIpc) is 2.52. The van der Waals surface area contributed by atoms with E-state index in [1.807, 2.05) is 35.2 Å².